The average Bonchev–Trinajstić information content (AvgIpc) is 3.45. The molecule has 4 rings (SSSR count). The highest BCUT2D eigenvalue weighted by atomic mass is 32.2. The molecule has 0 spiro atoms. The van der Waals surface area contributed by atoms with Gasteiger partial charge in [-0.15, -0.1) is 0 Å². The van der Waals surface area contributed by atoms with Crippen LogP contribution in [0.15, 0.2) is 35.6 Å². The molecular formula is C26H35N7O3S. The van der Waals surface area contributed by atoms with Gasteiger partial charge in [0.15, 0.2) is 10.8 Å². The number of carbonyl (C=O) groups excluding carboxylic acids is 2. The van der Waals surface area contributed by atoms with E-state index in [9.17, 15) is 9.59 Å². The molecule has 3 heterocycles. The van der Waals surface area contributed by atoms with Crippen LogP contribution < -0.4 is 20.3 Å². The van der Waals surface area contributed by atoms with Gasteiger partial charge in [-0.2, -0.15) is 5.10 Å². The number of benzene rings is 1. The number of anilines is 2. The lowest BCUT2D eigenvalue weighted by Gasteiger charge is -2.17. The second kappa shape index (κ2) is 11.8. The molecule has 0 radical (unpaired) electrons. The molecule has 198 valence electrons. The second-order valence-corrected chi connectivity index (χ2v) is 11.3. The van der Waals surface area contributed by atoms with Crippen LogP contribution >= 0.6 is 11.8 Å². The first-order valence-electron chi connectivity index (χ1n) is 12.6. The van der Waals surface area contributed by atoms with Crippen molar-refractivity contribution in [2.75, 3.05) is 37.0 Å². The number of fused-ring (bicyclic) bond motifs is 1. The van der Waals surface area contributed by atoms with Gasteiger partial charge in [-0.3, -0.25) is 9.59 Å². The minimum Gasteiger partial charge on any atom is -0.497 e. The molecule has 11 heteroatoms. The number of thioether (sulfide) groups is 1. The number of ether oxygens (including phenoxy) is 1. The summed E-state index contributed by atoms with van der Waals surface area (Å²) in [5.41, 5.74) is 1.50. The molecule has 1 aliphatic rings. The highest BCUT2D eigenvalue weighted by molar-refractivity contribution is 7.99. The van der Waals surface area contributed by atoms with Gasteiger partial charge in [0, 0.05) is 37.0 Å². The summed E-state index contributed by atoms with van der Waals surface area (Å²) in [7, 11) is 1.60. The molecule has 1 fully saturated rings. The molecule has 2 aromatic heterocycles. The van der Waals surface area contributed by atoms with E-state index in [2.05, 4.69) is 43.4 Å². The number of nitrogens with zero attached hydrogens (tertiary/aromatic N) is 5. The Morgan fingerprint density at radius 3 is 2.62 bits per heavy atom. The first kappa shape index (κ1) is 26.7. The number of rotatable bonds is 11. The molecule has 1 unspecified atom stereocenters. The highest BCUT2D eigenvalue weighted by Gasteiger charge is 2.35. The second-order valence-electron chi connectivity index (χ2n) is 9.80. The lowest BCUT2D eigenvalue weighted by molar-refractivity contribution is -0.126. The van der Waals surface area contributed by atoms with Crippen LogP contribution in [-0.2, 0) is 16.1 Å². The Kier molecular flexibility index (Phi) is 8.52. The van der Waals surface area contributed by atoms with Crippen molar-refractivity contribution in [2.24, 2.45) is 11.8 Å². The van der Waals surface area contributed by atoms with Gasteiger partial charge in [-0.05, 0) is 30.2 Å². The van der Waals surface area contributed by atoms with E-state index in [0.717, 1.165) is 34.8 Å². The molecule has 1 aromatic carbocycles. The Bertz CT molecular complexity index is 1240. The van der Waals surface area contributed by atoms with Gasteiger partial charge in [0.1, 0.15) is 11.6 Å². The SMILES string of the molecule is COc1ccc(N2CC(C(=O)NCCn3ncc4c(NCC(C)C)nc(SC(C)C)nc43)CC2=O)cc1. The van der Waals surface area contributed by atoms with E-state index in [-0.39, 0.29) is 18.2 Å². The Balaban J connectivity index is 1.39. The van der Waals surface area contributed by atoms with Gasteiger partial charge in [0.05, 0.1) is 31.2 Å². The van der Waals surface area contributed by atoms with E-state index in [4.69, 9.17) is 14.7 Å². The van der Waals surface area contributed by atoms with E-state index in [1.165, 1.54) is 0 Å². The van der Waals surface area contributed by atoms with Gasteiger partial charge in [-0.1, -0.05) is 39.5 Å². The van der Waals surface area contributed by atoms with E-state index < -0.39 is 5.92 Å². The van der Waals surface area contributed by atoms with Crippen molar-refractivity contribution >= 4 is 46.1 Å². The van der Waals surface area contributed by atoms with Gasteiger partial charge < -0.3 is 20.3 Å². The predicted octanol–water partition coefficient (Wildman–Crippen LogP) is 3.57. The maximum absolute atomic E-state index is 12.9. The molecular weight excluding hydrogens is 490 g/mol. The van der Waals surface area contributed by atoms with Crippen LogP contribution in [0.2, 0.25) is 0 Å². The van der Waals surface area contributed by atoms with Crippen molar-refractivity contribution in [3.05, 3.63) is 30.5 Å². The molecule has 1 atom stereocenters. The van der Waals surface area contributed by atoms with Crippen molar-refractivity contribution in [2.45, 2.75) is 51.1 Å². The average molecular weight is 526 g/mol. The monoisotopic (exact) mass is 525 g/mol. The van der Waals surface area contributed by atoms with E-state index in [0.29, 0.717) is 36.0 Å². The van der Waals surface area contributed by atoms with Crippen LogP contribution in [0, 0.1) is 11.8 Å². The maximum Gasteiger partial charge on any atom is 0.227 e. The predicted molar refractivity (Wildman–Crippen MR) is 146 cm³/mol. The van der Waals surface area contributed by atoms with Crippen LogP contribution in [0.5, 0.6) is 5.75 Å². The number of aromatic nitrogens is 4. The summed E-state index contributed by atoms with van der Waals surface area (Å²) in [4.78, 5) is 36.5. The van der Waals surface area contributed by atoms with Gasteiger partial charge in [0.25, 0.3) is 0 Å². The number of hydrogen-bond acceptors (Lipinski definition) is 8. The Morgan fingerprint density at radius 2 is 1.95 bits per heavy atom. The van der Waals surface area contributed by atoms with Crippen molar-refractivity contribution < 1.29 is 14.3 Å². The van der Waals surface area contributed by atoms with Crippen LogP contribution in [0.3, 0.4) is 0 Å². The largest absolute Gasteiger partial charge is 0.497 e. The summed E-state index contributed by atoms with van der Waals surface area (Å²) in [5.74, 6) is 1.38. The van der Waals surface area contributed by atoms with E-state index >= 15 is 0 Å². The summed E-state index contributed by atoms with van der Waals surface area (Å²) in [6.45, 7) is 10.5. The van der Waals surface area contributed by atoms with E-state index in [1.54, 1.807) is 34.7 Å². The lowest BCUT2D eigenvalue weighted by atomic mass is 10.1. The number of amides is 2. The van der Waals surface area contributed by atoms with Crippen LogP contribution in [0.25, 0.3) is 11.0 Å². The number of carbonyl (C=O) groups is 2. The fourth-order valence-corrected chi connectivity index (χ4v) is 4.83. The van der Waals surface area contributed by atoms with Crippen molar-refractivity contribution in [3.63, 3.8) is 0 Å². The van der Waals surface area contributed by atoms with Crippen molar-refractivity contribution in [1.82, 2.24) is 25.1 Å². The number of hydrogen-bond donors (Lipinski definition) is 2. The molecule has 2 amide bonds. The summed E-state index contributed by atoms with van der Waals surface area (Å²) in [6, 6.07) is 7.28. The summed E-state index contributed by atoms with van der Waals surface area (Å²) in [6.07, 6.45) is 1.96. The maximum atomic E-state index is 12.9. The van der Waals surface area contributed by atoms with Crippen molar-refractivity contribution in [1.29, 1.82) is 0 Å². The molecule has 2 N–H and O–H groups in total. The third-order valence-corrected chi connectivity index (χ3v) is 6.86. The molecule has 0 saturated carbocycles. The summed E-state index contributed by atoms with van der Waals surface area (Å²) < 4.78 is 6.98. The normalized spacial score (nSPS) is 15.7. The zero-order valence-corrected chi connectivity index (χ0v) is 22.8. The minimum atomic E-state index is -0.396. The highest BCUT2D eigenvalue weighted by Crippen LogP contribution is 2.28. The molecule has 1 saturated heterocycles. The van der Waals surface area contributed by atoms with Crippen LogP contribution in [-0.4, -0.2) is 63.6 Å². The lowest BCUT2D eigenvalue weighted by Crippen LogP contribution is -2.35. The van der Waals surface area contributed by atoms with Crippen molar-refractivity contribution in [3.8, 4) is 5.75 Å². The van der Waals surface area contributed by atoms with Gasteiger partial charge in [-0.25, -0.2) is 14.6 Å². The first-order chi connectivity index (χ1) is 17.7. The summed E-state index contributed by atoms with van der Waals surface area (Å²) >= 11 is 1.60. The third kappa shape index (κ3) is 6.51. The fraction of sp³-hybridized carbons (Fsp3) is 0.500. The number of nitrogens with one attached hydrogen (secondary N) is 2. The zero-order chi connectivity index (χ0) is 26.5. The quantitative estimate of drug-likeness (QED) is 0.288. The van der Waals surface area contributed by atoms with Gasteiger partial charge >= 0.3 is 0 Å². The first-order valence-corrected chi connectivity index (χ1v) is 13.5. The smallest absolute Gasteiger partial charge is 0.227 e. The molecule has 10 nitrogen and oxygen atoms in total. The van der Waals surface area contributed by atoms with Crippen LogP contribution in [0.4, 0.5) is 11.5 Å². The minimum absolute atomic E-state index is 0.0586. The molecule has 1 aliphatic heterocycles. The molecule has 37 heavy (non-hydrogen) atoms. The molecule has 0 aliphatic carbocycles. The standard InChI is InChI=1S/C26H35N7O3S/c1-16(2)13-28-23-21-14-29-33(24(21)31-26(30-23)37-17(3)4)11-10-27-25(35)18-12-22(34)32(15-18)19-6-8-20(36-5)9-7-19/h6-9,14,16-18H,10-13,15H2,1-5H3,(H,27,35)(H,28,30,31). The molecule has 0 bridgehead atoms. The fourth-order valence-electron chi connectivity index (χ4n) is 4.12. The number of methoxy groups -OCH3 is 1. The van der Waals surface area contributed by atoms with E-state index in [1.807, 2.05) is 24.3 Å². The molecule has 3 aromatic rings. The Hall–Kier alpha value is -3.34. The summed E-state index contributed by atoms with van der Waals surface area (Å²) in [5, 5.41) is 12.8. The van der Waals surface area contributed by atoms with Gasteiger partial charge in [0.2, 0.25) is 11.8 Å². The Labute approximate surface area is 221 Å². The Morgan fingerprint density at radius 1 is 1.19 bits per heavy atom. The van der Waals surface area contributed by atoms with Crippen LogP contribution in [0.1, 0.15) is 34.1 Å². The third-order valence-electron chi connectivity index (χ3n) is 6.00. The topological polar surface area (TPSA) is 114 Å². The zero-order valence-electron chi connectivity index (χ0n) is 22.0.